The van der Waals surface area contributed by atoms with E-state index in [9.17, 15) is 13.2 Å². The zero-order valence-electron chi connectivity index (χ0n) is 15.8. The number of benzene rings is 2. The Morgan fingerprint density at radius 2 is 1.69 bits per heavy atom. The SMILES string of the molecule is I.NC(=NCc1ccccc1N1CCCCC1)Nc1ccccc1OC(F)(F)F. The summed E-state index contributed by atoms with van der Waals surface area (Å²) in [6, 6.07) is 13.7. The zero-order valence-corrected chi connectivity index (χ0v) is 18.1. The number of nitrogens with one attached hydrogen (secondary N) is 1. The van der Waals surface area contributed by atoms with Gasteiger partial charge in [-0.05, 0) is 43.0 Å². The van der Waals surface area contributed by atoms with E-state index in [-0.39, 0.29) is 41.4 Å². The number of hydrogen-bond acceptors (Lipinski definition) is 3. The summed E-state index contributed by atoms with van der Waals surface area (Å²) in [6.45, 7) is 2.35. The molecule has 29 heavy (non-hydrogen) atoms. The van der Waals surface area contributed by atoms with E-state index in [2.05, 4.69) is 26.0 Å². The second-order valence-electron chi connectivity index (χ2n) is 6.55. The number of guanidine groups is 1. The molecule has 1 aliphatic heterocycles. The highest BCUT2D eigenvalue weighted by Crippen LogP contribution is 2.30. The minimum atomic E-state index is -4.78. The van der Waals surface area contributed by atoms with Crippen molar-refractivity contribution in [2.24, 2.45) is 10.7 Å². The Balaban J connectivity index is 0.00000300. The highest BCUT2D eigenvalue weighted by Gasteiger charge is 2.32. The van der Waals surface area contributed by atoms with Crippen LogP contribution in [0.2, 0.25) is 0 Å². The molecule has 2 aromatic carbocycles. The van der Waals surface area contributed by atoms with Crippen LogP contribution < -0.4 is 20.7 Å². The van der Waals surface area contributed by atoms with Crippen molar-refractivity contribution in [1.82, 2.24) is 0 Å². The Kier molecular flexibility index (Phi) is 8.42. The van der Waals surface area contributed by atoms with Crippen molar-refractivity contribution in [1.29, 1.82) is 0 Å². The number of aliphatic imine (C=N–C) groups is 1. The van der Waals surface area contributed by atoms with Crippen molar-refractivity contribution < 1.29 is 17.9 Å². The van der Waals surface area contributed by atoms with Crippen LogP contribution in [0.5, 0.6) is 5.75 Å². The molecule has 1 aliphatic rings. The molecule has 0 aromatic heterocycles. The van der Waals surface area contributed by atoms with Gasteiger partial charge in [-0.3, -0.25) is 0 Å². The number of anilines is 2. The maximum atomic E-state index is 12.5. The van der Waals surface area contributed by atoms with Crippen molar-refractivity contribution in [2.45, 2.75) is 32.2 Å². The lowest BCUT2D eigenvalue weighted by atomic mass is 10.1. The van der Waals surface area contributed by atoms with Crippen LogP contribution in [0.1, 0.15) is 24.8 Å². The van der Waals surface area contributed by atoms with Crippen LogP contribution in [0.4, 0.5) is 24.5 Å². The summed E-state index contributed by atoms with van der Waals surface area (Å²) < 4.78 is 41.6. The van der Waals surface area contributed by atoms with Crippen molar-refractivity contribution in [2.75, 3.05) is 23.3 Å². The fourth-order valence-corrected chi connectivity index (χ4v) is 3.22. The number of hydrogen-bond donors (Lipinski definition) is 2. The van der Waals surface area contributed by atoms with Crippen LogP contribution >= 0.6 is 24.0 Å². The molecule has 9 heteroatoms. The number of rotatable bonds is 5. The number of halogens is 4. The number of ether oxygens (including phenoxy) is 1. The normalized spacial score (nSPS) is 14.9. The summed E-state index contributed by atoms with van der Waals surface area (Å²) in [5, 5.41) is 2.69. The summed E-state index contributed by atoms with van der Waals surface area (Å²) in [4.78, 5) is 6.64. The quantitative estimate of drug-likeness (QED) is 0.327. The van der Waals surface area contributed by atoms with Gasteiger partial charge in [-0.2, -0.15) is 0 Å². The van der Waals surface area contributed by atoms with E-state index in [0.29, 0.717) is 6.54 Å². The molecule has 0 atom stereocenters. The molecule has 0 spiro atoms. The second kappa shape index (κ2) is 10.6. The number of alkyl halides is 3. The predicted octanol–water partition coefficient (Wildman–Crippen LogP) is 5.12. The highest BCUT2D eigenvalue weighted by molar-refractivity contribution is 14.0. The van der Waals surface area contributed by atoms with Crippen LogP contribution in [-0.4, -0.2) is 25.4 Å². The summed E-state index contributed by atoms with van der Waals surface area (Å²) in [6.07, 6.45) is -1.21. The maximum Gasteiger partial charge on any atom is 0.573 e. The van der Waals surface area contributed by atoms with Crippen molar-refractivity contribution in [3.63, 3.8) is 0 Å². The third kappa shape index (κ3) is 6.98. The van der Waals surface area contributed by atoms with Crippen LogP contribution in [0.15, 0.2) is 53.5 Å². The molecule has 2 aromatic rings. The third-order valence-corrected chi connectivity index (χ3v) is 4.48. The van der Waals surface area contributed by atoms with E-state index in [1.807, 2.05) is 18.2 Å². The van der Waals surface area contributed by atoms with E-state index < -0.39 is 6.36 Å². The second-order valence-corrected chi connectivity index (χ2v) is 6.55. The van der Waals surface area contributed by atoms with Gasteiger partial charge in [0.25, 0.3) is 0 Å². The molecule has 0 saturated carbocycles. The molecule has 158 valence electrons. The van der Waals surface area contributed by atoms with Gasteiger partial charge in [0.1, 0.15) is 0 Å². The Labute approximate surface area is 185 Å². The topological polar surface area (TPSA) is 62.9 Å². The van der Waals surface area contributed by atoms with Gasteiger partial charge < -0.3 is 20.7 Å². The molecule has 3 rings (SSSR count). The van der Waals surface area contributed by atoms with Gasteiger partial charge in [-0.25, -0.2) is 4.99 Å². The first-order chi connectivity index (χ1) is 13.4. The number of piperidine rings is 1. The first-order valence-corrected chi connectivity index (χ1v) is 9.17. The molecule has 1 saturated heterocycles. The summed E-state index contributed by atoms with van der Waals surface area (Å²) in [5.74, 6) is -0.339. The molecule has 5 nitrogen and oxygen atoms in total. The summed E-state index contributed by atoms with van der Waals surface area (Å²) >= 11 is 0. The standard InChI is InChI=1S/C20H23F3N4O.HI/c21-20(22,23)28-18-11-5-3-9-16(18)26-19(24)25-14-15-8-2-4-10-17(15)27-12-6-1-7-13-27;/h2-5,8-11H,1,6-7,12-14H2,(H3,24,25,26);1H. The Bertz CT molecular complexity index is 823. The smallest absolute Gasteiger partial charge is 0.404 e. The van der Waals surface area contributed by atoms with E-state index in [1.165, 1.54) is 24.6 Å². The fourth-order valence-electron chi connectivity index (χ4n) is 3.22. The van der Waals surface area contributed by atoms with Crippen molar-refractivity contribution in [3.05, 3.63) is 54.1 Å². The molecule has 0 radical (unpaired) electrons. The van der Waals surface area contributed by atoms with E-state index in [0.717, 1.165) is 37.2 Å². The van der Waals surface area contributed by atoms with Gasteiger partial charge in [0.2, 0.25) is 0 Å². The summed E-state index contributed by atoms with van der Waals surface area (Å²) in [7, 11) is 0. The van der Waals surface area contributed by atoms with Crippen molar-refractivity contribution in [3.8, 4) is 5.75 Å². The molecule has 1 heterocycles. The molecule has 3 N–H and O–H groups in total. The molecule has 0 unspecified atom stereocenters. The lowest BCUT2D eigenvalue weighted by Crippen LogP contribution is -2.30. The maximum absolute atomic E-state index is 12.5. The first kappa shape index (κ1) is 23.1. The van der Waals surface area contributed by atoms with Gasteiger partial charge in [-0.15, -0.1) is 37.1 Å². The van der Waals surface area contributed by atoms with Crippen molar-refractivity contribution >= 4 is 41.3 Å². The largest absolute Gasteiger partial charge is 0.573 e. The van der Waals surface area contributed by atoms with Crippen LogP contribution in [0.3, 0.4) is 0 Å². The monoisotopic (exact) mass is 520 g/mol. The lowest BCUT2D eigenvalue weighted by molar-refractivity contribution is -0.274. The molecular formula is C20H24F3IN4O. The minimum absolute atomic E-state index is 0. The molecule has 0 amide bonds. The predicted molar refractivity (Wildman–Crippen MR) is 120 cm³/mol. The summed E-state index contributed by atoms with van der Waals surface area (Å²) in [5.41, 5.74) is 8.15. The Morgan fingerprint density at radius 3 is 2.41 bits per heavy atom. The van der Waals surface area contributed by atoms with E-state index >= 15 is 0 Å². The van der Waals surface area contributed by atoms with E-state index in [1.54, 1.807) is 6.07 Å². The Morgan fingerprint density at radius 1 is 1.03 bits per heavy atom. The average molecular weight is 520 g/mol. The van der Waals surface area contributed by atoms with Gasteiger partial charge in [0.05, 0.1) is 12.2 Å². The lowest BCUT2D eigenvalue weighted by Gasteiger charge is -2.30. The third-order valence-electron chi connectivity index (χ3n) is 4.48. The van der Waals surface area contributed by atoms with Gasteiger partial charge in [0, 0.05) is 18.8 Å². The minimum Gasteiger partial charge on any atom is -0.404 e. The molecule has 0 aliphatic carbocycles. The van der Waals surface area contributed by atoms with Gasteiger partial charge in [0.15, 0.2) is 11.7 Å². The average Bonchev–Trinajstić information content (AvgIpc) is 2.68. The Hall–Kier alpha value is -2.17. The van der Waals surface area contributed by atoms with Crippen LogP contribution in [0, 0.1) is 0 Å². The highest BCUT2D eigenvalue weighted by atomic mass is 127. The number of nitrogens with two attached hydrogens (primary N) is 1. The number of para-hydroxylation sites is 3. The molecule has 0 bridgehead atoms. The van der Waals surface area contributed by atoms with Gasteiger partial charge >= 0.3 is 6.36 Å². The first-order valence-electron chi connectivity index (χ1n) is 9.17. The number of nitrogens with zero attached hydrogens (tertiary/aromatic N) is 2. The van der Waals surface area contributed by atoms with Crippen LogP contribution in [-0.2, 0) is 6.54 Å². The zero-order chi connectivity index (χ0) is 20.0. The molecular weight excluding hydrogens is 496 g/mol. The molecule has 1 fully saturated rings. The van der Waals surface area contributed by atoms with Crippen LogP contribution in [0.25, 0.3) is 0 Å². The van der Waals surface area contributed by atoms with E-state index in [4.69, 9.17) is 5.73 Å². The van der Waals surface area contributed by atoms with Gasteiger partial charge in [-0.1, -0.05) is 30.3 Å². The fraction of sp³-hybridized carbons (Fsp3) is 0.350.